The van der Waals surface area contributed by atoms with E-state index in [2.05, 4.69) is 33.4 Å². The molecule has 1 aliphatic rings. The summed E-state index contributed by atoms with van der Waals surface area (Å²) in [6.07, 6.45) is 6.56. The summed E-state index contributed by atoms with van der Waals surface area (Å²) in [4.78, 5) is 12.1. The standard InChI is InChI=1S/C25H26BrNO3/c26-21-10-6-20(7-11-21)24-15-14-23(30-24)16-27-25(28)17-29-22-12-8-19(9-13-22)18-4-2-1-3-5-18/h6-15,18H,1-5,16-17H2,(H,27,28). The van der Waals surface area contributed by atoms with E-state index in [1.54, 1.807) is 0 Å². The summed E-state index contributed by atoms with van der Waals surface area (Å²) in [7, 11) is 0. The summed E-state index contributed by atoms with van der Waals surface area (Å²) in [5.74, 6) is 2.71. The van der Waals surface area contributed by atoms with Gasteiger partial charge in [-0.05, 0) is 60.7 Å². The van der Waals surface area contributed by atoms with Crippen molar-refractivity contribution in [3.05, 3.63) is 76.5 Å². The SMILES string of the molecule is O=C(COc1ccc(C2CCCCC2)cc1)NCc1ccc(-c2ccc(Br)cc2)o1. The fraction of sp³-hybridized carbons (Fsp3) is 0.320. The van der Waals surface area contributed by atoms with E-state index in [-0.39, 0.29) is 12.5 Å². The maximum atomic E-state index is 12.1. The van der Waals surface area contributed by atoms with E-state index >= 15 is 0 Å². The molecule has 0 spiro atoms. The minimum Gasteiger partial charge on any atom is -0.484 e. The number of ether oxygens (including phenoxy) is 1. The Morgan fingerprint density at radius 2 is 1.70 bits per heavy atom. The van der Waals surface area contributed by atoms with Crippen LogP contribution in [0.3, 0.4) is 0 Å². The molecule has 1 aliphatic carbocycles. The second-order valence-electron chi connectivity index (χ2n) is 7.74. The van der Waals surface area contributed by atoms with Crippen LogP contribution in [0.25, 0.3) is 11.3 Å². The molecule has 156 valence electrons. The first-order valence-corrected chi connectivity index (χ1v) is 11.3. The van der Waals surface area contributed by atoms with Gasteiger partial charge in [0, 0.05) is 10.0 Å². The van der Waals surface area contributed by atoms with Crippen molar-refractivity contribution < 1.29 is 13.9 Å². The third-order valence-corrected chi connectivity index (χ3v) is 6.11. The molecule has 1 fully saturated rings. The Morgan fingerprint density at radius 1 is 0.967 bits per heavy atom. The monoisotopic (exact) mass is 467 g/mol. The first kappa shape index (κ1) is 20.7. The molecule has 1 saturated carbocycles. The molecule has 30 heavy (non-hydrogen) atoms. The molecule has 0 atom stereocenters. The molecule has 5 heteroatoms. The van der Waals surface area contributed by atoms with Crippen LogP contribution >= 0.6 is 15.9 Å². The lowest BCUT2D eigenvalue weighted by Crippen LogP contribution is -2.28. The maximum absolute atomic E-state index is 12.1. The van der Waals surface area contributed by atoms with Gasteiger partial charge in [-0.2, -0.15) is 0 Å². The quantitative estimate of drug-likeness (QED) is 0.434. The zero-order valence-electron chi connectivity index (χ0n) is 16.9. The molecular weight excluding hydrogens is 442 g/mol. The molecule has 0 bridgehead atoms. The summed E-state index contributed by atoms with van der Waals surface area (Å²) in [6, 6.07) is 19.9. The van der Waals surface area contributed by atoms with Crippen LogP contribution in [-0.2, 0) is 11.3 Å². The van der Waals surface area contributed by atoms with Gasteiger partial charge in [0.05, 0.1) is 6.54 Å². The predicted octanol–water partition coefficient (Wildman–Crippen LogP) is 6.45. The zero-order chi connectivity index (χ0) is 20.8. The lowest BCUT2D eigenvalue weighted by atomic mass is 9.84. The van der Waals surface area contributed by atoms with Crippen LogP contribution in [0.2, 0.25) is 0 Å². The highest BCUT2D eigenvalue weighted by molar-refractivity contribution is 9.10. The van der Waals surface area contributed by atoms with Crippen molar-refractivity contribution in [1.29, 1.82) is 0 Å². The highest BCUT2D eigenvalue weighted by atomic mass is 79.9. The number of carbonyl (C=O) groups is 1. The van der Waals surface area contributed by atoms with Gasteiger partial charge in [-0.15, -0.1) is 0 Å². The van der Waals surface area contributed by atoms with E-state index in [0.29, 0.717) is 18.2 Å². The molecule has 3 aromatic rings. The zero-order valence-corrected chi connectivity index (χ0v) is 18.5. The highest BCUT2D eigenvalue weighted by Crippen LogP contribution is 2.33. The summed E-state index contributed by atoms with van der Waals surface area (Å²) >= 11 is 3.43. The van der Waals surface area contributed by atoms with E-state index in [4.69, 9.17) is 9.15 Å². The van der Waals surface area contributed by atoms with Crippen LogP contribution in [0, 0.1) is 0 Å². The smallest absolute Gasteiger partial charge is 0.258 e. The van der Waals surface area contributed by atoms with E-state index in [9.17, 15) is 4.79 Å². The van der Waals surface area contributed by atoms with Gasteiger partial charge in [-0.25, -0.2) is 0 Å². The molecule has 0 saturated heterocycles. The Bertz CT molecular complexity index is 957. The molecule has 2 aromatic carbocycles. The number of hydrogen-bond acceptors (Lipinski definition) is 3. The van der Waals surface area contributed by atoms with Crippen molar-refractivity contribution in [2.45, 2.75) is 44.6 Å². The fourth-order valence-electron chi connectivity index (χ4n) is 3.90. The van der Waals surface area contributed by atoms with Crippen molar-refractivity contribution in [3.63, 3.8) is 0 Å². The summed E-state index contributed by atoms with van der Waals surface area (Å²) in [6.45, 7) is 0.322. The second kappa shape index (κ2) is 9.98. The Kier molecular flexibility index (Phi) is 6.90. The van der Waals surface area contributed by atoms with Crippen LogP contribution in [0.4, 0.5) is 0 Å². The van der Waals surface area contributed by atoms with Crippen molar-refractivity contribution in [3.8, 4) is 17.1 Å². The van der Waals surface area contributed by atoms with E-state index in [0.717, 1.165) is 21.5 Å². The summed E-state index contributed by atoms with van der Waals surface area (Å²) in [5, 5.41) is 2.84. The van der Waals surface area contributed by atoms with Gasteiger partial charge < -0.3 is 14.5 Å². The number of hydrogen-bond donors (Lipinski definition) is 1. The summed E-state index contributed by atoms with van der Waals surface area (Å²) in [5.41, 5.74) is 2.38. The molecule has 0 aliphatic heterocycles. The van der Waals surface area contributed by atoms with Gasteiger partial charge in [-0.3, -0.25) is 4.79 Å². The molecule has 4 rings (SSSR count). The number of nitrogens with one attached hydrogen (secondary N) is 1. The predicted molar refractivity (Wildman–Crippen MR) is 121 cm³/mol. The van der Waals surface area contributed by atoms with Gasteiger partial charge in [-0.1, -0.05) is 59.5 Å². The van der Waals surface area contributed by atoms with E-state index in [1.165, 1.54) is 37.7 Å². The number of furan rings is 1. The number of carbonyl (C=O) groups excluding carboxylic acids is 1. The van der Waals surface area contributed by atoms with Crippen molar-refractivity contribution >= 4 is 21.8 Å². The van der Waals surface area contributed by atoms with Gasteiger partial charge >= 0.3 is 0 Å². The molecular formula is C25H26BrNO3. The number of halogens is 1. The van der Waals surface area contributed by atoms with Crippen LogP contribution < -0.4 is 10.1 Å². The van der Waals surface area contributed by atoms with Crippen LogP contribution in [0.5, 0.6) is 5.75 Å². The lowest BCUT2D eigenvalue weighted by Gasteiger charge is -2.22. The van der Waals surface area contributed by atoms with Crippen LogP contribution in [0.15, 0.2) is 69.6 Å². The van der Waals surface area contributed by atoms with E-state index < -0.39 is 0 Å². The second-order valence-corrected chi connectivity index (χ2v) is 8.66. The molecule has 4 nitrogen and oxygen atoms in total. The number of amides is 1. The topological polar surface area (TPSA) is 51.5 Å². The Hall–Kier alpha value is -2.53. The minimum absolute atomic E-state index is 0.0109. The minimum atomic E-state index is -0.173. The van der Waals surface area contributed by atoms with Crippen LogP contribution in [0.1, 0.15) is 49.3 Å². The highest BCUT2D eigenvalue weighted by Gasteiger charge is 2.15. The first-order valence-electron chi connectivity index (χ1n) is 10.5. The van der Waals surface area contributed by atoms with Gasteiger partial charge in [0.15, 0.2) is 6.61 Å². The number of rotatable bonds is 7. The van der Waals surface area contributed by atoms with Crippen LogP contribution in [-0.4, -0.2) is 12.5 Å². The van der Waals surface area contributed by atoms with Gasteiger partial charge in [0.1, 0.15) is 17.3 Å². The molecule has 0 radical (unpaired) electrons. The Balaban J connectivity index is 1.23. The average Bonchev–Trinajstić information content (AvgIpc) is 3.27. The van der Waals surface area contributed by atoms with E-state index in [1.807, 2.05) is 48.5 Å². The third kappa shape index (κ3) is 5.54. The lowest BCUT2D eigenvalue weighted by molar-refractivity contribution is -0.123. The molecule has 1 aromatic heterocycles. The Morgan fingerprint density at radius 3 is 2.43 bits per heavy atom. The van der Waals surface area contributed by atoms with Crippen molar-refractivity contribution in [1.82, 2.24) is 5.32 Å². The third-order valence-electron chi connectivity index (χ3n) is 5.58. The molecule has 1 N–H and O–H groups in total. The normalized spacial score (nSPS) is 14.4. The van der Waals surface area contributed by atoms with Crippen molar-refractivity contribution in [2.24, 2.45) is 0 Å². The maximum Gasteiger partial charge on any atom is 0.258 e. The fourth-order valence-corrected chi connectivity index (χ4v) is 4.16. The Labute approximate surface area is 185 Å². The average molecular weight is 468 g/mol. The first-order chi connectivity index (χ1) is 14.7. The summed E-state index contributed by atoms with van der Waals surface area (Å²) < 4.78 is 12.5. The largest absolute Gasteiger partial charge is 0.484 e. The van der Waals surface area contributed by atoms with Crippen molar-refractivity contribution in [2.75, 3.05) is 6.61 Å². The van der Waals surface area contributed by atoms with Gasteiger partial charge in [0.25, 0.3) is 5.91 Å². The molecule has 1 amide bonds. The molecule has 0 unspecified atom stereocenters. The number of benzene rings is 2. The van der Waals surface area contributed by atoms with Gasteiger partial charge in [0.2, 0.25) is 0 Å². The molecule has 1 heterocycles.